The molecule has 0 spiro atoms. The molecule has 0 aliphatic heterocycles. The highest BCUT2D eigenvalue weighted by atomic mass is 32.2. The van der Waals surface area contributed by atoms with Crippen molar-refractivity contribution < 1.29 is 22.7 Å². The molecule has 0 unspecified atom stereocenters. The van der Waals surface area contributed by atoms with E-state index in [1.807, 2.05) is 19.1 Å². The number of benzene rings is 3. The van der Waals surface area contributed by atoms with Crippen LogP contribution in [-0.2, 0) is 14.8 Å². The summed E-state index contributed by atoms with van der Waals surface area (Å²) in [7, 11) is -2.28. The van der Waals surface area contributed by atoms with Gasteiger partial charge in [0.25, 0.3) is 15.9 Å². The van der Waals surface area contributed by atoms with Gasteiger partial charge in [-0.2, -0.15) is 0 Å². The van der Waals surface area contributed by atoms with E-state index in [-0.39, 0.29) is 10.8 Å². The van der Waals surface area contributed by atoms with Crippen molar-refractivity contribution in [1.82, 2.24) is 0 Å². The topological polar surface area (TPSA) is 93.7 Å². The highest BCUT2D eigenvalue weighted by Crippen LogP contribution is 2.22. The van der Waals surface area contributed by atoms with Crippen LogP contribution in [0.3, 0.4) is 0 Å². The van der Waals surface area contributed by atoms with E-state index in [2.05, 4.69) is 10.0 Å². The average molecular weight is 441 g/mol. The van der Waals surface area contributed by atoms with Crippen molar-refractivity contribution in [1.29, 1.82) is 0 Å². The fraction of sp³-hybridized carbons (Fsp3) is 0.174. The molecule has 0 aliphatic rings. The maximum Gasteiger partial charge on any atom is 0.265 e. The minimum atomic E-state index is -3.79. The molecular weight excluding hydrogens is 416 g/mol. The zero-order chi connectivity index (χ0) is 22.4. The van der Waals surface area contributed by atoms with E-state index >= 15 is 0 Å². The summed E-state index contributed by atoms with van der Waals surface area (Å²) in [4.78, 5) is 12.5. The van der Waals surface area contributed by atoms with Crippen molar-refractivity contribution in [3.63, 3.8) is 0 Å². The number of amides is 1. The second-order valence-corrected chi connectivity index (χ2v) is 8.61. The summed E-state index contributed by atoms with van der Waals surface area (Å²) in [5.74, 6) is 0.796. The second kappa shape index (κ2) is 9.53. The average Bonchev–Trinajstić information content (AvgIpc) is 2.75. The molecule has 8 heteroatoms. The fourth-order valence-corrected chi connectivity index (χ4v) is 3.79. The van der Waals surface area contributed by atoms with Crippen LogP contribution in [0.5, 0.6) is 11.5 Å². The quantitative estimate of drug-likeness (QED) is 0.547. The van der Waals surface area contributed by atoms with Crippen LogP contribution in [0.2, 0.25) is 0 Å². The summed E-state index contributed by atoms with van der Waals surface area (Å²) in [6, 6.07) is 19.9. The third-order valence-electron chi connectivity index (χ3n) is 4.46. The lowest BCUT2D eigenvalue weighted by Gasteiger charge is -2.15. The lowest BCUT2D eigenvalue weighted by Crippen LogP contribution is -2.30. The van der Waals surface area contributed by atoms with Gasteiger partial charge in [0, 0.05) is 11.8 Å². The van der Waals surface area contributed by atoms with E-state index in [4.69, 9.17) is 9.47 Å². The molecule has 1 atom stereocenters. The van der Waals surface area contributed by atoms with E-state index in [1.54, 1.807) is 43.3 Å². The number of anilines is 2. The monoisotopic (exact) mass is 440 g/mol. The number of carbonyl (C=O) groups excluding carboxylic acids is 1. The first kappa shape index (κ1) is 22.2. The fourth-order valence-electron chi connectivity index (χ4n) is 2.74. The summed E-state index contributed by atoms with van der Waals surface area (Å²) in [5, 5.41) is 2.72. The first-order valence-corrected chi connectivity index (χ1v) is 11.1. The van der Waals surface area contributed by atoms with Crippen molar-refractivity contribution in [2.75, 3.05) is 17.1 Å². The van der Waals surface area contributed by atoms with Crippen molar-refractivity contribution in [3.8, 4) is 11.5 Å². The van der Waals surface area contributed by atoms with Crippen LogP contribution < -0.4 is 19.5 Å². The van der Waals surface area contributed by atoms with Crippen molar-refractivity contribution in [2.24, 2.45) is 0 Å². The molecular formula is C23H24N2O5S. The van der Waals surface area contributed by atoms with Crippen LogP contribution >= 0.6 is 0 Å². The molecule has 0 fully saturated rings. The SMILES string of the molecule is COc1cccc(NS(=O)(=O)c2ccc(NC(=O)[C@H](C)Oc3ccc(C)cc3)cc2)c1. The summed E-state index contributed by atoms with van der Waals surface area (Å²) >= 11 is 0. The highest BCUT2D eigenvalue weighted by Gasteiger charge is 2.17. The first-order chi connectivity index (χ1) is 14.8. The first-order valence-electron chi connectivity index (χ1n) is 9.58. The Balaban J connectivity index is 1.63. The molecule has 3 aromatic rings. The Morgan fingerprint density at radius 1 is 0.903 bits per heavy atom. The molecule has 1 amide bonds. The Morgan fingerprint density at radius 2 is 1.58 bits per heavy atom. The van der Waals surface area contributed by atoms with E-state index < -0.39 is 16.1 Å². The second-order valence-electron chi connectivity index (χ2n) is 6.92. The Morgan fingerprint density at radius 3 is 2.23 bits per heavy atom. The number of hydrogen-bond donors (Lipinski definition) is 2. The largest absolute Gasteiger partial charge is 0.497 e. The van der Waals surface area contributed by atoms with Gasteiger partial charge in [-0.1, -0.05) is 23.8 Å². The minimum absolute atomic E-state index is 0.0669. The summed E-state index contributed by atoms with van der Waals surface area (Å²) in [6.45, 7) is 3.61. The van der Waals surface area contributed by atoms with Crippen LogP contribution in [0.15, 0.2) is 77.7 Å². The molecule has 2 N–H and O–H groups in total. The number of nitrogens with one attached hydrogen (secondary N) is 2. The van der Waals surface area contributed by atoms with Crippen LogP contribution in [0, 0.1) is 6.92 Å². The molecule has 31 heavy (non-hydrogen) atoms. The van der Waals surface area contributed by atoms with Gasteiger partial charge in [-0.05, 0) is 62.4 Å². The number of methoxy groups -OCH3 is 1. The molecule has 162 valence electrons. The lowest BCUT2D eigenvalue weighted by molar-refractivity contribution is -0.122. The normalized spacial score (nSPS) is 12.0. The zero-order valence-corrected chi connectivity index (χ0v) is 18.3. The highest BCUT2D eigenvalue weighted by molar-refractivity contribution is 7.92. The minimum Gasteiger partial charge on any atom is -0.497 e. The van der Waals surface area contributed by atoms with Gasteiger partial charge in [-0.15, -0.1) is 0 Å². The van der Waals surface area contributed by atoms with Gasteiger partial charge in [0.1, 0.15) is 11.5 Å². The Hall–Kier alpha value is -3.52. The predicted molar refractivity (Wildman–Crippen MR) is 120 cm³/mol. The number of aryl methyl sites for hydroxylation is 1. The van der Waals surface area contributed by atoms with Gasteiger partial charge in [0.05, 0.1) is 17.7 Å². The van der Waals surface area contributed by atoms with Crippen LogP contribution in [-0.4, -0.2) is 27.5 Å². The third kappa shape index (κ3) is 5.99. The van der Waals surface area contributed by atoms with Crippen molar-refractivity contribution >= 4 is 27.3 Å². The van der Waals surface area contributed by atoms with Gasteiger partial charge >= 0.3 is 0 Å². The van der Waals surface area contributed by atoms with Crippen LogP contribution in [0.25, 0.3) is 0 Å². The Bertz CT molecular complexity index is 1140. The molecule has 0 saturated heterocycles. The maximum atomic E-state index is 12.6. The van der Waals surface area contributed by atoms with Gasteiger partial charge in [-0.3, -0.25) is 9.52 Å². The van der Waals surface area contributed by atoms with Gasteiger partial charge in [0.15, 0.2) is 6.10 Å². The van der Waals surface area contributed by atoms with Crippen LogP contribution in [0.4, 0.5) is 11.4 Å². The van der Waals surface area contributed by atoms with Crippen molar-refractivity contribution in [2.45, 2.75) is 24.8 Å². The van der Waals surface area contributed by atoms with Crippen LogP contribution in [0.1, 0.15) is 12.5 Å². The van der Waals surface area contributed by atoms with Gasteiger partial charge in [-0.25, -0.2) is 8.42 Å². The molecule has 0 heterocycles. The van der Waals surface area contributed by atoms with E-state index in [0.717, 1.165) is 5.56 Å². The van der Waals surface area contributed by atoms with Crippen molar-refractivity contribution in [3.05, 3.63) is 78.4 Å². The predicted octanol–water partition coefficient (Wildman–Crippen LogP) is 4.21. The molecule has 0 aromatic heterocycles. The molecule has 3 aromatic carbocycles. The number of hydrogen-bond acceptors (Lipinski definition) is 5. The number of rotatable bonds is 8. The standard InChI is InChI=1S/C23H24N2O5S/c1-16-7-11-20(12-8-16)30-17(2)23(26)24-18-9-13-22(14-10-18)31(27,28)25-19-5-4-6-21(15-19)29-3/h4-15,17,25H,1-3H3,(H,24,26)/t17-/m0/s1. The summed E-state index contributed by atoms with van der Waals surface area (Å²) in [6.07, 6.45) is -0.721. The zero-order valence-electron chi connectivity index (χ0n) is 17.5. The molecule has 0 radical (unpaired) electrons. The third-order valence-corrected chi connectivity index (χ3v) is 5.85. The number of ether oxygens (including phenoxy) is 2. The number of carbonyl (C=O) groups is 1. The summed E-state index contributed by atoms with van der Waals surface area (Å²) < 4.78 is 38.5. The lowest BCUT2D eigenvalue weighted by atomic mass is 10.2. The smallest absolute Gasteiger partial charge is 0.265 e. The molecule has 0 saturated carbocycles. The van der Waals surface area contributed by atoms with Gasteiger partial charge in [0.2, 0.25) is 0 Å². The van der Waals surface area contributed by atoms with E-state index in [9.17, 15) is 13.2 Å². The molecule has 7 nitrogen and oxygen atoms in total. The Kier molecular flexibility index (Phi) is 6.81. The Labute approximate surface area is 182 Å². The van der Waals surface area contributed by atoms with Gasteiger partial charge < -0.3 is 14.8 Å². The number of sulfonamides is 1. The van der Waals surface area contributed by atoms with E-state index in [1.165, 1.54) is 31.4 Å². The summed E-state index contributed by atoms with van der Waals surface area (Å²) in [5.41, 5.74) is 1.95. The molecule has 3 rings (SSSR count). The molecule has 0 bridgehead atoms. The molecule has 0 aliphatic carbocycles. The van der Waals surface area contributed by atoms with E-state index in [0.29, 0.717) is 22.9 Å². The maximum absolute atomic E-state index is 12.6.